The van der Waals surface area contributed by atoms with Crippen LogP contribution in [0.25, 0.3) is 0 Å². The molecule has 0 aromatic carbocycles. The standard InChI is InChI=1S/C18H21N3O6S/c1-18(16(22)20-24,28(2,25)26)9-15-11-21(17(23)27-15)14-8-7-13(19-10-14)6-5-12-3-4-12/h7-8,10,12,15,24H,3-4,9,11H2,1-2H3,(H,20,22). The number of sulfone groups is 1. The summed E-state index contributed by atoms with van der Waals surface area (Å²) in [6.45, 7) is 1.23. The number of hydroxylamine groups is 1. The minimum atomic E-state index is -3.89. The lowest BCUT2D eigenvalue weighted by molar-refractivity contribution is -0.132. The molecule has 1 aliphatic carbocycles. The first-order valence-electron chi connectivity index (χ1n) is 8.74. The molecular weight excluding hydrogens is 386 g/mol. The van der Waals surface area contributed by atoms with Gasteiger partial charge in [0.05, 0.1) is 18.4 Å². The number of anilines is 1. The first-order chi connectivity index (χ1) is 13.1. The summed E-state index contributed by atoms with van der Waals surface area (Å²) in [5, 5.41) is 8.90. The summed E-state index contributed by atoms with van der Waals surface area (Å²) < 4.78 is 27.4. The van der Waals surface area contributed by atoms with E-state index in [-0.39, 0.29) is 13.0 Å². The Morgan fingerprint density at radius 2 is 2.18 bits per heavy atom. The second-order valence-corrected chi connectivity index (χ2v) is 9.66. The summed E-state index contributed by atoms with van der Waals surface area (Å²) in [5.74, 6) is 5.46. The number of carbonyl (C=O) groups excluding carboxylic acids is 2. The van der Waals surface area contributed by atoms with E-state index in [0.717, 1.165) is 19.1 Å². The smallest absolute Gasteiger partial charge is 0.414 e. The number of ether oxygens (including phenoxy) is 1. The zero-order valence-corrected chi connectivity index (χ0v) is 16.3. The third-order valence-corrected chi connectivity index (χ3v) is 6.92. The fourth-order valence-electron chi connectivity index (χ4n) is 2.83. The van der Waals surface area contributed by atoms with Crippen molar-refractivity contribution in [3.63, 3.8) is 0 Å². The third-order valence-electron chi connectivity index (χ3n) is 4.93. The molecule has 2 atom stereocenters. The predicted octanol–water partition coefficient (Wildman–Crippen LogP) is 0.867. The molecule has 2 heterocycles. The molecular formula is C18H21N3O6S. The lowest BCUT2D eigenvalue weighted by Crippen LogP contribution is -2.51. The van der Waals surface area contributed by atoms with Gasteiger partial charge < -0.3 is 4.74 Å². The molecule has 150 valence electrons. The zero-order chi connectivity index (χ0) is 20.5. The van der Waals surface area contributed by atoms with E-state index in [0.29, 0.717) is 17.3 Å². The number of hydrogen-bond acceptors (Lipinski definition) is 7. The largest absolute Gasteiger partial charge is 0.444 e. The van der Waals surface area contributed by atoms with Crippen LogP contribution in [-0.4, -0.2) is 54.3 Å². The van der Waals surface area contributed by atoms with Gasteiger partial charge in [-0.2, -0.15) is 0 Å². The quantitative estimate of drug-likeness (QED) is 0.421. The van der Waals surface area contributed by atoms with Gasteiger partial charge in [0, 0.05) is 18.6 Å². The van der Waals surface area contributed by atoms with E-state index in [2.05, 4.69) is 16.8 Å². The van der Waals surface area contributed by atoms with Gasteiger partial charge in [0.1, 0.15) is 11.8 Å². The summed E-state index contributed by atoms with van der Waals surface area (Å²) in [5.41, 5.74) is 2.46. The molecule has 1 saturated carbocycles. The van der Waals surface area contributed by atoms with Crippen LogP contribution in [0.5, 0.6) is 0 Å². The van der Waals surface area contributed by atoms with E-state index in [1.807, 2.05) is 0 Å². The Bertz CT molecular complexity index is 946. The average Bonchev–Trinajstić information content (AvgIpc) is 3.41. The predicted molar refractivity (Wildman–Crippen MR) is 99.2 cm³/mol. The maximum atomic E-state index is 12.2. The van der Waals surface area contributed by atoms with Gasteiger partial charge in [0.15, 0.2) is 14.6 Å². The Hall–Kier alpha value is -2.64. The van der Waals surface area contributed by atoms with Crippen LogP contribution in [-0.2, 0) is 19.4 Å². The number of cyclic esters (lactones) is 1. The molecule has 28 heavy (non-hydrogen) atoms. The molecule has 2 N–H and O–H groups in total. The number of nitrogens with one attached hydrogen (secondary N) is 1. The molecule has 0 bridgehead atoms. The van der Waals surface area contributed by atoms with E-state index >= 15 is 0 Å². The number of rotatable bonds is 5. The summed E-state index contributed by atoms with van der Waals surface area (Å²) in [6.07, 6.45) is 2.82. The van der Waals surface area contributed by atoms with Crippen molar-refractivity contribution in [2.24, 2.45) is 5.92 Å². The lowest BCUT2D eigenvalue weighted by atomic mass is 10.0. The van der Waals surface area contributed by atoms with Crippen molar-refractivity contribution >= 4 is 27.5 Å². The second-order valence-electron chi connectivity index (χ2n) is 7.21. The molecule has 1 aromatic rings. The third kappa shape index (κ3) is 4.10. The minimum Gasteiger partial charge on any atom is -0.444 e. The maximum Gasteiger partial charge on any atom is 0.414 e. The molecule has 1 saturated heterocycles. The number of pyridine rings is 1. The Labute approximate surface area is 163 Å². The van der Waals surface area contributed by atoms with E-state index < -0.39 is 32.7 Å². The fourth-order valence-corrected chi connectivity index (χ4v) is 3.70. The fraction of sp³-hybridized carbons (Fsp3) is 0.500. The number of amides is 2. The highest BCUT2D eigenvalue weighted by Crippen LogP contribution is 2.30. The van der Waals surface area contributed by atoms with E-state index in [4.69, 9.17) is 9.94 Å². The highest BCUT2D eigenvalue weighted by atomic mass is 32.2. The lowest BCUT2D eigenvalue weighted by Gasteiger charge is -2.26. The molecule has 2 fully saturated rings. The van der Waals surface area contributed by atoms with Crippen molar-refractivity contribution in [1.82, 2.24) is 10.5 Å². The van der Waals surface area contributed by atoms with Crippen molar-refractivity contribution in [2.75, 3.05) is 17.7 Å². The van der Waals surface area contributed by atoms with Gasteiger partial charge in [-0.15, -0.1) is 0 Å². The van der Waals surface area contributed by atoms with E-state index in [9.17, 15) is 18.0 Å². The normalized spacial score (nSPS) is 21.3. The van der Waals surface area contributed by atoms with Crippen LogP contribution < -0.4 is 10.4 Å². The molecule has 1 aliphatic heterocycles. The Kier molecular flexibility index (Phi) is 5.32. The zero-order valence-electron chi connectivity index (χ0n) is 15.5. The topological polar surface area (TPSA) is 126 Å². The van der Waals surface area contributed by atoms with Crippen molar-refractivity contribution < 1.29 is 28.0 Å². The Balaban J connectivity index is 1.72. The van der Waals surface area contributed by atoms with Crippen LogP contribution >= 0.6 is 0 Å². The first kappa shape index (κ1) is 20.1. The van der Waals surface area contributed by atoms with Gasteiger partial charge in [-0.3, -0.25) is 14.9 Å². The Morgan fingerprint density at radius 1 is 1.46 bits per heavy atom. The molecule has 3 rings (SSSR count). The number of hydrogen-bond donors (Lipinski definition) is 2. The molecule has 0 spiro atoms. The average molecular weight is 407 g/mol. The van der Waals surface area contributed by atoms with Gasteiger partial charge in [-0.1, -0.05) is 5.92 Å². The summed E-state index contributed by atoms with van der Waals surface area (Å²) in [4.78, 5) is 29.7. The first-order valence-corrected chi connectivity index (χ1v) is 10.6. The van der Waals surface area contributed by atoms with Crippen LogP contribution in [0.3, 0.4) is 0 Å². The van der Waals surface area contributed by atoms with Crippen molar-refractivity contribution in [3.8, 4) is 11.8 Å². The van der Waals surface area contributed by atoms with Crippen LogP contribution in [0, 0.1) is 17.8 Å². The maximum absolute atomic E-state index is 12.2. The molecule has 2 unspecified atom stereocenters. The molecule has 0 radical (unpaired) electrons. The molecule has 2 aliphatic rings. The number of nitrogens with zero attached hydrogens (tertiary/aromatic N) is 2. The van der Waals surface area contributed by atoms with Crippen molar-refractivity contribution in [1.29, 1.82) is 0 Å². The monoisotopic (exact) mass is 407 g/mol. The molecule has 10 heteroatoms. The highest BCUT2D eigenvalue weighted by Gasteiger charge is 2.48. The molecule has 2 amide bonds. The van der Waals surface area contributed by atoms with Crippen LogP contribution in [0.4, 0.5) is 10.5 Å². The molecule has 9 nitrogen and oxygen atoms in total. The van der Waals surface area contributed by atoms with Crippen LogP contribution in [0.1, 0.15) is 31.9 Å². The van der Waals surface area contributed by atoms with E-state index in [1.54, 1.807) is 12.1 Å². The number of carbonyl (C=O) groups is 2. The van der Waals surface area contributed by atoms with Crippen LogP contribution in [0.15, 0.2) is 18.3 Å². The SMILES string of the molecule is CC(CC1CN(c2ccc(C#CC3CC3)nc2)C(=O)O1)(C(=O)NO)S(C)(=O)=O. The van der Waals surface area contributed by atoms with Crippen molar-refractivity contribution in [2.45, 2.75) is 37.0 Å². The van der Waals surface area contributed by atoms with Crippen LogP contribution in [0.2, 0.25) is 0 Å². The highest BCUT2D eigenvalue weighted by molar-refractivity contribution is 7.92. The summed E-state index contributed by atoms with van der Waals surface area (Å²) >= 11 is 0. The van der Waals surface area contributed by atoms with Gasteiger partial charge in [0.2, 0.25) is 0 Å². The van der Waals surface area contributed by atoms with Crippen molar-refractivity contribution in [3.05, 3.63) is 24.0 Å². The summed E-state index contributed by atoms with van der Waals surface area (Å²) in [7, 11) is -3.89. The van der Waals surface area contributed by atoms with Gasteiger partial charge >= 0.3 is 6.09 Å². The van der Waals surface area contributed by atoms with E-state index in [1.165, 1.54) is 23.5 Å². The second kappa shape index (κ2) is 7.41. The molecule has 1 aromatic heterocycles. The number of aromatic nitrogens is 1. The minimum absolute atomic E-state index is 0.0530. The Morgan fingerprint density at radius 3 is 2.71 bits per heavy atom. The van der Waals surface area contributed by atoms with Gasteiger partial charge in [0.25, 0.3) is 5.91 Å². The van der Waals surface area contributed by atoms with Gasteiger partial charge in [-0.05, 0) is 37.8 Å². The summed E-state index contributed by atoms with van der Waals surface area (Å²) in [6, 6.07) is 3.38. The van der Waals surface area contributed by atoms with Gasteiger partial charge in [-0.25, -0.2) is 23.7 Å².